The smallest absolute Gasteiger partial charge is 0.118 e. The summed E-state index contributed by atoms with van der Waals surface area (Å²) < 4.78 is 10.3. The van der Waals surface area contributed by atoms with Gasteiger partial charge in [0.25, 0.3) is 0 Å². The highest BCUT2D eigenvalue weighted by molar-refractivity contribution is 5.27. The van der Waals surface area contributed by atoms with E-state index in [1.165, 1.54) is 5.56 Å². The summed E-state index contributed by atoms with van der Waals surface area (Å²) in [4.78, 5) is 0. The maximum absolute atomic E-state index is 5.15. The van der Waals surface area contributed by atoms with Gasteiger partial charge < -0.3 is 14.8 Å². The van der Waals surface area contributed by atoms with Crippen LogP contribution in [0, 0.1) is 0 Å². The van der Waals surface area contributed by atoms with E-state index in [0.29, 0.717) is 12.1 Å². The molecule has 1 rings (SSSR count). The number of aryl methyl sites for hydroxylation is 1. The molecule has 2 atom stereocenters. The molecule has 102 valence electrons. The predicted molar refractivity (Wildman–Crippen MR) is 75.3 cm³/mol. The van der Waals surface area contributed by atoms with Crippen molar-refractivity contribution in [3.8, 4) is 5.75 Å². The molecule has 0 heterocycles. The van der Waals surface area contributed by atoms with Gasteiger partial charge in [0.1, 0.15) is 5.75 Å². The second-order valence-corrected chi connectivity index (χ2v) is 4.81. The third-order valence-electron chi connectivity index (χ3n) is 3.01. The lowest BCUT2D eigenvalue weighted by molar-refractivity contribution is 0.167. The van der Waals surface area contributed by atoms with Crippen LogP contribution in [-0.2, 0) is 11.2 Å². The Kier molecular flexibility index (Phi) is 6.76. The minimum atomic E-state index is 0.404. The topological polar surface area (TPSA) is 30.5 Å². The first-order valence-electron chi connectivity index (χ1n) is 6.53. The predicted octanol–water partition coefficient (Wildman–Crippen LogP) is 2.64. The van der Waals surface area contributed by atoms with Crippen LogP contribution in [0.2, 0.25) is 0 Å². The third kappa shape index (κ3) is 5.52. The molecular formula is C15H25NO2. The number of hydrogen-bond acceptors (Lipinski definition) is 3. The van der Waals surface area contributed by atoms with Crippen molar-refractivity contribution in [2.75, 3.05) is 20.8 Å². The van der Waals surface area contributed by atoms with E-state index in [9.17, 15) is 0 Å². The number of rotatable bonds is 8. The minimum absolute atomic E-state index is 0.404. The van der Waals surface area contributed by atoms with Gasteiger partial charge in [0.15, 0.2) is 0 Å². The summed E-state index contributed by atoms with van der Waals surface area (Å²) >= 11 is 0. The summed E-state index contributed by atoms with van der Waals surface area (Å²) in [6.45, 7) is 5.12. The van der Waals surface area contributed by atoms with E-state index in [1.807, 2.05) is 12.1 Å². The van der Waals surface area contributed by atoms with Crippen LogP contribution in [0.4, 0.5) is 0 Å². The summed E-state index contributed by atoms with van der Waals surface area (Å²) in [6.07, 6.45) is 2.21. The normalized spacial score (nSPS) is 14.2. The molecule has 0 fully saturated rings. The molecule has 0 radical (unpaired) electrons. The fourth-order valence-electron chi connectivity index (χ4n) is 2.04. The quantitative estimate of drug-likeness (QED) is 0.770. The van der Waals surface area contributed by atoms with Crippen LogP contribution in [0.1, 0.15) is 25.8 Å². The zero-order chi connectivity index (χ0) is 13.4. The molecule has 3 heteroatoms. The average molecular weight is 251 g/mol. The Bertz CT molecular complexity index is 324. The van der Waals surface area contributed by atoms with Crippen LogP contribution in [-0.4, -0.2) is 32.9 Å². The van der Waals surface area contributed by atoms with E-state index in [2.05, 4.69) is 31.3 Å². The zero-order valence-electron chi connectivity index (χ0n) is 11.9. The maximum atomic E-state index is 5.15. The number of nitrogens with one attached hydrogen (secondary N) is 1. The second kappa shape index (κ2) is 8.11. The average Bonchev–Trinajstić information content (AvgIpc) is 2.37. The maximum Gasteiger partial charge on any atom is 0.118 e. The second-order valence-electron chi connectivity index (χ2n) is 4.81. The molecule has 0 amide bonds. The molecule has 0 bridgehead atoms. The van der Waals surface area contributed by atoms with Gasteiger partial charge in [0.05, 0.1) is 13.7 Å². The fourth-order valence-corrected chi connectivity index (χ4v) is 2.04. The van der Waals surface area contributed by atoms with E-state index < -0.39 is 0 Å². The van der Waals surface area contributed by atoms with Crippen molar-refractivity contribution in [2.24, 2.45) is 0 Å². The van der Waals surface area contributed by atoms with Crippen LogP contribution < -0.4 is 10.1 Å². The number of hydrogen-bond donors (Lipinski definition) is 1. The summed E-state index contributed by atoms with van der Waals surface area (Å²) in [6, 6.07) is 9.19. The van der Waals surface area contributed by atoms with E-state index in [-0.39, 0.29) is 0 Å². The molecule has 0 aromatic heterocycles. The van der Waals surface area contributed by atoms with Crippen LogP contribution >= 0.6 is 0 Å². The molecule has 0 spiro atoms. The van der Waals surface area contributed by atoms with Gasteiger partial charge in [0, 0.05) is 19.2 Å². The Morgan fingerprint density at radius 1 is 1.06 bits per heavy atom. The van der Waals surface area contributed by atoms with Gasteiger partial charge in [-0.05, 0) is 44.4 Å². The standard InChI is InChI=1S/C15H25NO2/c1-12(16-13(2)11-17-3)5-6-14-7-9-15(18-4)10-8-14/h7-10,12-13,16H,5-6,11H2,1-4H3/t12-,13+/m1/s1. The molecule has 1 N–H and O–H groups in total. The van der Waals surface area contributed by atoms with E-state index in [0.717, 1.165) is 25.2 Å². The van der Waals surface area contributed by atoms with Crippen LogP contribution in [0.25, 0.3) is 0 Å². The van der Waals surface area contributed by atoms with Gasteiger partial charge in [-0.3, -0.25) is 0 Å². The van der Waals surface area contributed by atoms with Crippen LogP contribution in [0.5, 0.6) is 5.75 Å². The highest BCUT2D eigenvalue weighted by Crippen LogP contribution is 2.13. The molecule has 0 saturated carbocycles. The van der Waals surface area contributed by atoms with Gasteiger partial charge in [-0.2, -0.15) is 0 Å². The summed E-state index contributed by atoms with van der Waals surface area (Å²) in [5.41, 5.74) is 1.35. The van der Waals surface area contributed by atoms with Crippen molar-refractivity contribution in [3.05, 3.63) is 29.8 Å². The Morgan fingerprint density at radius 3 is 2.28 bits per heavy atom. The Hall–Kier alpha value is -1.06. The lowest BCUT2D eigenvalue weighted by Crippen LogP contribution is -2.37. The highest BCUT2D eigenvalue weighted by atomic mass is 16.5. The zero-order valence-corrected chi connectivity index (χ0v) is 11.9. The van der Waals surface area contributed by atoms with Crippen molar-refractivity contribution < 1.29 is 9.47 Å². The molecule has 1 aromatic rings. The van der Waals surface area contributed by atoms with Crippen molar-refractivity contribution >= 4 is 0 Å². The van der Waals surface area contributed by atoms with Gasteiger partial charge in [-0.15, -0.1) is 0 Å². The number of ether oxygens (including phenoxy) is 2. The monoisotopic (exact) mass is 251 g/mol. The summed E-state index contributed by atoms with van der Waals surface area (Å²) in [7, 11) is 3.43. The lowest BCUT2D eigenvalue weighted by atomic mass is 10.1. The van der Waals surface area contributed by atoms with Crippen molar-refractivity contribution in [3.63, 3.8) is 0 Å². The lowest BCUT2D eigenvalue weighted by Gasteiger charge is -2.19. The Morgan fingerprint density at radius 2 is 1.72 bits per heavy atom. The van der Waals surface area contributed by atoms with Gasteiger partial charge >= 0.3 is 0 Å². The summed E-state index contributed by atoms with van der Waals surface area (Å²) in [5, 5.41) is 3.52. The van der Waals surface area contributed by atoms with Crippen molar-refractivity contribution in [1.82, 2.24) is 5.32 Å². The van der Waals surface area contributed by atoms with E-state index in [4.69, 9.17) is 9.47 Å². The fraction of sp³-hybridized carbons (Fsp3) is 0.600. The largest absolute Gasteiger partial charge is 0.497 e. The highest BCUT2D eigenvalue weighted by Gasteiger charge is 2.07. The van der Waals surface area contributed by atoms with Gasteiger partial charge in [-0.25, -0.2) is 0 Å². The van der Waals surface area contributed by atoms with Crippen LogP contribution in [0.3, 0.4) is 0 Å². The Labute approximate surface area is 110 Å². The van der Waals surface area contributed by atoms with Crippen molar-refractivity contribution in [2.45, 2.75) is 38.8 Å². The first-order chi connectivity index (χ1) is 8.65. The first-order valence-corrected chi connectivity index (χ1v) is 6.53. The van der Waals surface area contributed by atoms with Gasteiger partial charge in [-0.1, -0.05) is 12.1 Å². The van der Waals surface area contributed by atoms with Crippen molar-refractivity contribution in [1.29, 1.82) is 0 Å². The third-order valence-corrected chi connectivity index (χ3v) is 3.01. The molecular weight excluding hydrogens is 226 g/mol. The van der Waals surface area contributed by atoms with E-state index >= 15 is 0 Å². The molecule has 0 aliphatic rings. The van der Waals surface area contributed by atoms with Gasteiger partial charge in [0.2, 0.25) is 0 Å². The Balaban J connectivity index is 2.30. The molecule has 0 aliphatic carbocycles. The van der Waals surface area contributed by atoms with E-state index in [1.54, 1.807) is 14.2 Å². The number of methoxy groups -OCH3 is 2. The SMILES string of the molecule is COC[C@H](C)N[C@H](C)CCc1ccc(OC)cc1. The first kappa shape index (κ1) is 15.0. The molecule has 1 aromatic carbocycles. The molecule has 0 saturated heterocycles. The molecule has 0 aliphatic heterocycles. The summed E-state index contributed by atoms with van der Waals surface area (Å²) in [5.74, 6) is 0.915. The molecule has 18 heavy (non-hydrogen) atoms. The molecule has 3 nitrogen and oxygen atoms in total. The minimum Gasteiger partial charge on any atom is -0.497 e. The number of benzene rings is 1. The van der Waals surface area contributed by atoms with Crippen LogP contribution in [0.15, 0.2) is 24.3 Å². The molecule has 0 unspecified atom stereocenters.